The van der Waals surface area contributed by atoms with Gasteiger partial charge in [0.25, 0.3) is 33.4 Å². The molecule has 15 aromatic heterocycles. The molecular weight excluding hydrogens is 2090 g/mol. The van der Waals surface area contributed by atoms with Crippen LogP contribution in [0.2, 0.25) is 0 Å². The standard InChI is InChI=1S/C20H20N2O2S3.C19H20N2O2S3.C19H18N2O2S2.C17H15N3O2S.C17H14N2O3S.C15H12N2O2S3/c1-12(2)10-22-19(24)17-13-6-3-4-7-15(13)27-18(17)21-20(22)26-11-14(23)16-8-5-9-25-16;1-2-9-21-18(23)16-12-6-3-4-7-14(12)26-17(16)20-19(21)25-11-13(22)15-8-5-10-24-15;1-11-12(2)25-17-16(11)18(23)21(14-8-9-14)19(20-17)24-10-15(22)13-6-4-3-5-7-13;21-14(11-4-2-1-3-5-11)10-18-17-19-15-13(8-9-23-15)16(22)20(17)12-6-7-12;20-14(11-4-2-1-3-5-11)10-22-17-18-15-13(8-9-23-15)16(21)19(17)12-6-7-12;18-11(12-2-1-6-20-12)8-22-15-16-10-5-7-21-13(10)14(19)17(15)9-3-4-9/h5,8-9H,1,3-4,6-7,10-11H2,2H3;5,8,10H,2-4,6-7,9,11H2,1H3;3-7,14H,8-10H2,1-2H3;1-5,8-9,12H,6-7,10H2,(H,18,19);1-5,8-9,12H,6-7,10H2;1-2,5-7,9H,3-4,8H2. The normalized spacial score (nSPS) is 14.1. The topological polar surface area (TPSA) is 333 Å². The number of ether oxygens (including phenoxy) is 1. The molecule has 0 atom stereocenters. The zero-order chi connectivity index (χ0) is 101. The van der Waals surface area contributed by atoms with Crippen molar-refractivity contribution in [1.82, 2.24) is 57.3 Å². The maximum atomic E-state index is 13.3. The highest BCUT2D eigenvalue weighted by Crippen LogP contribution is 2.44. The van der Waals surface area contributed by atoms with Gasteiger partial charge in [-0.15, -0.1) is 102 Å². The van der Waals surface area contributed by atoms with Crippen molar-refractivity contribution in [3.05, 3.63) is 315 Å². The number of hydrogen-bond acceptors (Lipinski definition) is 33. The number of allylic oxidation sites excluding steroid dienone is 1. The lowest BCUT2D eigenvalue weighted by Gasteiger charge is -2.13. The van der Waals surface area contributed by atoms with Crippen LogP contribution in [-0.2, 0) is 38.8 Å². The Morgan fingerprint density at radius 1 is 0.404 bits per heavy atom. The molecule has 4 saturated carbocycles. The minimum absolute atomic E-state index is 0.00784. The summed E-state index contributed by atoms with van der Waals surface area (Å²) in [5, 5.41) is 20.6. The molecule has 1 N–H and O–H groups in total. The zero-order valence-corrected chi connectivity index (χ0v) is 90.6. The first-order chi connectivity index (χ1) is 71.0. The van der Waals surface area contributed by atoms with Gasteiger partial charge in [-0.3, -0.25) is 84.9 Å². The fraction of sp³-hybridized carbons (Fsp3) is 0.308. The number of nitrogens with one attached hydrogen (secondary N) is 1. The SMILES string of the molecule is C=C(C)Cn1c(SCC(=O)c2cccs2)nc2sc3c(c2c1=O)CCCC3.CCCn1c(SCC(=O)c2cccs2)nc2sc3c(c2c1=O)CCCC3.Cc1sc2nc(SCC(=O)c3ccccc3)n(C3CC3)c(=O)c2c1C.O=C(CNc1nc2sccc2c(=O)n1C1CC1)c1ccccc1.O=C(COc1nc2sccc2c(=O)n1C1CC1)c1ccccc1.O=C(CSc1nc2ccsc2c(=O)n1C1CC1)c1cccs1. The van der Waals surface area contributed by atoms with Gasteiger partial charge in [-0.05, 0) is 215 Å². The number of rotatable bonds is 32. The molecular formula is C107H99N13O13S13. The van der Waals surface area contributed by atoms with Gasteiger partial charge in [0.2, 0.25) is 5.95 Å². The molecule has 0 aliphatic heterocycles. The summed E-state index contributed by atoms with van der Waals surface area (Å²) in [6.07, 6.45) is 17.5. The van der Waals surface area contributed by atoms with E-state index in [-0.39, 0.29) is 123 Å². The highest BCUT2D eigenvalue weighted by atomic mass is 32.2. The third-order valence-corrected chi connectivity index (χ3v) is 37.6. The van der Waals surface area contributed by atoms with E-state index in [0.29, 0.717) is 93.0 Å². The third kappa shape index (κ3) is 23.8. The van der Waals surface area contributed by atoms with Crippen LogP contribution in [-0.4, -0.2) is 128 Å². The Bertz CT molecular complexity index is 8180. The fourth-order valence-electron chi connectivity index (χ4n) is 17.1. The average Bonchev–Trinajstić information content (AvgIpc) is 1.62. The smallest absolute Gasteiger partial charge is 0.301 e. The lowest BCUT2D eigenvalue weighted by molar-refractivity contribution is 0.0907. The van der Waals surface area contributed by atoms with Crippen molar-refractivity contribution in [3.8, 4) is 6.01 Å². The molecule has 146 heavy (non-hydrogen) atoms. The second kappa shape index (κ2) is 47.0. The van der Waals surface area contributed by atoms with Gasteiger partial charge in [0.1, 0.15) is 28.9 Å². The predicted octanol–water partition coefficient (Wildman–Crippen LogP) is 24.1. The monoisotopic (exact) mass is 2190 g/mol. The summed E-state index contributed by atoms with van der Waals surface area (Å²) in [4.78, 5) is 189. The minimum atomic E-state index is -0.131. The molecule has 26 nitrogen and oxygen atoms in total. The molecule has 0 amide bonds. The molecule has 0 spiro atoms. The van der Waals surface area contributed by atoms with Crippen LogP contribution in [0, 0.1) is 13.8 Å². The molecule has 0 unspecified atom stereocenters. The van der Waals surface area contributed by atoms with E-state index in [1.807, 2.05) is 173 Å². The maximum absolute atomic E-state index is 13.3. The van der Waals surface area contributed by atoms with Gasteiger partial charge in [0, 0.05) is 68.6 Å². The Labute approximate surface area is 890 Å². The zero-order valence-electron chi connectivity index (χ0n) is 80.0. The van der Waals surface area contributed by atoms with E-state index in [4.69, 9.17) is 19.7 Å². The summed E-state index contributed by atoms with van der Waals surface area (Å²) in [7, 11) is 0. The average molecular weight is 2190 g/mol. The Morgan fingerprint density at radius 3 is 1.34 bits per heavy atom. The lowest BCUT2D eigenvalue weighted by Crippen LogP contribution is -2.26. The van der Waals surface area contributed by atoms with Crippen molar-refractivity contribution in [2.24, 2.45) is 0 Å². The number of Topliss-reactive ketones (excluding diaryl/α,β-unsaturated/α-hetero) is 6. The molecule has 3 aromatic carbocycles. The van der Waals surface area contributed by atoms with Crippen LogP contribution in [0.5, 0.6) is 6.01 Å². The summed E-state index contributed by atoms with van der Waals surface area (Å²) in [5.41, 5.74) is 7.07. The van der Waals surface area contributed by atoms with Crippen molar-refractivity contribution in [1.29, 1.82) is 0 Å². The van der Waals surface area contributed by atoms with E-state index in [2.05, 4.69) is 33.8 Å². The Kier molecular flexibility index (Phi) is 33.2. The molecule has 4 fully saturated rings. The van der Waals surface area contributed by atoms with Crippen molar-refractivity contribution >= 4 is 251 Å². The predicted molar refractivity (Wildman–Crippen MR) is 599 cm³/mol. The molecule has 0 radical (unpaired) electrons. The fourth-order valence-corrected chi connectivity index (χ4v) is 29.0. The number of aromatic nitrogens is 12. The van der Waals surface area contributed by atoms with E-state index < -0.39 is 0 Å². The molecule has 39 heteroatoms. The van der Waals surface area contributed by atoms with Crippen LogP contribution < -0.4 is 43.4 Å². The van der Waals surface area contributed by atoms with Gasteiger partial charge in [-0.1, -0.05) is 175 Å². The first kappa shape index (κ1) is 103. The number of carbonyl (C=O) groups is 6. The summed E-state index contributed by atoms with van der Waals surface area (Å²) in [5.74, 6) is 1.84. The van der Waals surface area contributed by atoms with Gasteiger partial charge < -0.3 is 10.1 Å². The number of thiophene rings is 9. The minimum Gasteiger partial charge on any atom is -0.456 e. The van der Waals surface area contributed by atoms with Crippen LogP contribution in [0.25, 0.3) is 61.3 Å². The summed E-state index contributed by atoms with van der Waals surface area (Å²) < 4.78 is 16.7. The molecule has 0 bridgehead atoms. The number of hydrogen-bond donors (Lipinski definition) is 1. The number of carbonyl (C=O) groups excluding carboxylic acids is 6. The molecule has 15 heterocycles. The van der Waals surface area contributed by atoms with Crippen LogP contribution in [0.3, 0.4) is 0 Å². The van der Waals surface area contributed by atoms with Crippen molar-refractivity contribution in [2.75, 3.05) is 41.5 Å². The first-order valence-corrected chi connectivity index (χ1v) is 59.8. The van der Waals surface area contributed by atoms with E-state index in [0.717, 1.165) is 163 Å². The van der Waals surface area contributed by atoms with Crippen molar-refractivity contribution in [3.63, 3.8) is 0 Å². The van der Waals surface area contributed by atoms with Crippen LogP contribution >= 0.6 is 149 Å². The molecule has 18 aromatic rings. The van der Waals surface area contributed by atoms with Crippen LogP contribution in [0.15, 0.2) is 239 Å². The van der Waals surface area contributed by atoms with Crippen LogP contribution in [0.4, 0.5) is 5.95 Å². The molecule has 6 aliphatic rings. The molecule has 748 valence electrons. The first-order valence-electron chi connectivity index (χ1n) is 48.1. The van der Waals surface area contributed by atoms with Gasteiger partial charge in [-0.2, -0.15) is 4.98 Å². The number of fused-ring (bicyclic) bond motifs is 10. The number of benzene rings is 3. The van der Waals surface area contributed by atoms with Crippen molar-refractivity contribution in [2.45, 2.75) is 195 Å². The van der Waals surface area contributed by atoms with Gasteiger partial charge in [-0.25, -0.2) is 24.9 Å². The van der Waals surface area contributed by atoms with Gasteiger partial charge in [0.05, 0.1) is 76.6 Å². The Hall–Kier alpha value is -11.4. The van der Waals surface area contributed by atoms with E-state index in [1.165, 1.54) is 149 Å². The van der Waals surface area contributed by atoms with Crippen molar-refractivity contribution < 1.29 is 33.5 Å². The second-order valence-electron chi connectivity index (χ2n) is 35.9. The van der Waals surface area contributed by atoms with Gasteiger partial charge >= 0.3 is 6.01 Å². The summed E-state index contributed by atoms with van der Waals surface area (Å²) in [6.45, 7) is 13.0. The van der Waals surface area contributed by atoms with Crippen LogP contribution in [0.1, 0.15) is 213 Å². The largest absolute Gasteiger partial charge is 0.456 e. The van der Waals surface area contributed by atoms with E-state index in [1.54, 1.807) is 87.2 Å². The number of nitrogens with zero attached hydrogens (tertiary/aromatic N) is 12. The molecule has 24 rings (SSSR count). The van der Waals surface area contributed by atoms with E-state index >= 15 is 0 Å². The van der Waals surface area contributed by atoms with Gasteiger partial charge in [0.15, 0.2) is 61.9 Å². The molecule has 0 saturated heterocycles. The molecule has 6 aliphatic carbocycles. The van der Waals surface area contributed by atoms with E-state index in [9.17, 15) is 57.5 Å². The number of aryl methyl sites for hydroxylation is 6. The lowest BCUT2D eigenvalue weighted by atomic mass is 9.97. The third-order valence-electron chi connectivity index (χ3n) is 25.1. The Balaban J connectivity index is 0.000000111. The number of ketones is 6. The quantitative estimate of drug-likeness (QED) is 0.0177. The summed E-state index contributed by atoms with van der Waals surface area (Å²) >= 11 is 18.9. The second-order valence-corrected chi connectivity index (χ2v) is 48.6. The Morgan fingerprint density at radius 2 is 0.836 bits per heavy atom. The maximum Gasteiger partial charge on any atom is 0.301 e. The number of anilines is 1. The summed E-state index contributed by atoms with van der Waals surface area (Å²) in [6, 6.07) is 45.0. The number of thioether (sulfide) groups is 4. The highest BCUT2D eigenvalue weighted by molar-refractivity contribution is 8.00. The highest BCUT2D eigenvalue weighted by Gasteiger charge is 2.36.